The van der Waals surface area contributed by atoms with Crippen LogP contribution in [0.15, 0.2) is 60.7 Å². The number of carbonyl (C=O) groups is 1. The normalized spacial score (nSPS) is 13.9. The summed E-state index contributed by atoms with van der Waals surface area (Å²) in [6.07, 6.45) is 1.42. The van der Waals surface area contributed by atoms with Crippen molar-refractivity contribution in [1.82, 2.24) is 4.90 Å². The van der Waals surface area contributed by atoms with Gasteiger partial charge in [0, 0.05) is 37.4 Å². The highest BCUT2D eigenvalue weighted by Gasteiger charge is 2.30. The third kappa shape index (κ3) is 7.37. The Hall–Kier alpha value is -4.07. The Morgan fingerprint density at radius 2 is 1.49 bits per heavy atom. The summed E-state index contributed by atoms with van der Waals surface area (Å²) in [7, 11) is 6.53. The van der Waals surface area contributed by atoms with Gasteiger partial charge in [0.2, 0.25) is 5.75 Å². The molecule has 1 amide bonds. The number of rotatable bonds is 9. The summed E-state index contributed by atoms with van der Waals surface area (Å²) in [4.78, 5) is 16.9. The van der Waals surface area contributed by atoms with Gasteiger partial charge in [0.25, 0.3) is 0 Å². The Kier molecular flexibility index (Phi) is 9.53. The van der Waals surface area contributed by atoms with Crippen molar-refractivity contribution < 1.29 is 28.5 Å². The lowest BCUT2D eigenvalue weighted by Gasteiger charge is -2.40. The average molecular weight is 563 g/mol. The molecular weight excluding hydrogens is 520 g/mol. The van der Waals surface area contributed by atoms with Crippen LogP contribution in [-0.4, -0.2) is 64.2 Å². The number of piperidine rings is 1. The first-order chi connectivity index (χ1) is 19.6. The lowest BCUT2D eigenvalue weighted by atomic mass is 9.99. The van der Waals surface area contributed by atoms with Gasteiger partial charge >= 0.3 is 6.09 Å². The van der Waals surface area contributed by atoms with Crippen LogP contribution in [0.2, 0.25) is 0 Å². The van der Waals surface area contributed by atoms with Crippen LogP contribution in [0.3, 0.4) is 0 Å². The maximum atomic E-state index is 12.7. The number of hydrogen-bond acceptors (Lipinski definition) is 7. The fourth-order valence-electron chi connectivity index (χ4n) is 5.20. The number of likely N-dealkylation sites (tertiary alicyclic amines) is 1. The summed E-state index contributed by atoms with van der Waals surface area (Å²) in [5, 5.41) is 0. The minimum Gasteiger partial charge on any atom is -0.497 e. The van der Waals surface area contributed by atoms with Gasteiger partial charge in [-0.2, -0.15) is 0 Å². The van der Waals surface area contributed by atoms with E-state index in [2.05, 4.69) is 41.3 Å². The molecule has 0 atom stereocenters. The van der Waals surface area contributed by atoms with Crippen LogP contribution in [-0.2, 0) is 11.3 Å². The molecule has 1 aliphatic rings. The fourth-order valence-corrected chi connectivity index (χ4v) is 5.20. The standard InChI is InChI=1S/C33H42N2O6/c1-33(2,3)41-32(36)34-16-14-26(15-17-34)35(27-12-9-13-28(21-27)37-4)22-23-10-8-11-24(18-23)25-19-29(38-5)31(40-7)30(20-25)39-6/h8-13,18-21,26H,14-17,22H2,1-7H3. The minimum atomic E-state index is -0.510. The highest BCUT2D eigenvalue weighted by molar-refractivity contribution is 5.72. The van der Waals surface area contributed by atoms with Gasteiger partial charge in [0.1, 0.15) is 11.4 Å². The Morgan fingerprint density at radius 3 is 2.07 bits per heavy atom. The predicted octanol–water partition coefficient (Wildman–Crippen LogP) is 6.79. The lowest BCUT2D eigenvalue weighted by molar-refractivity contribution is 0.0204. The second-order valence-electron chi connectivity index (χ2n) is 11.1. The Balaban J connectivity index is 1.61. The van der Waals surface area contributed by atoms with E-state index in [1.165, 1.54) is 0 Å². The van der Waals surface area contributed by atoms with Crippen LogP contribution >= 0.6 is 0 Å². The van der Waals surface area contributed by atoms with E-state index < -0.39 is 5.60 Å². The molecule has 0 aromatic heterocycles. The van der Waals surface area contributed by atoms with Crippen molar-refractivity contribution in [2.45, 2.75) is 51.8 Å². The molecule has 0 radical (unpaired) electrons. The summed E-state index contributed by atoms with van der Waals surface area (Å²) in [5.41, 5.74) is 3.75. The van der Waals surface area contributed by atoms with Crippen LogP contribution < -0.4 is 23.8 Å². The van der Waals surface area contributed by atoms with Gasteiger partial charge in [-0.25, -0.2) is 4.79 Å². The molecule has 0 unspecified atom stereocenters. The summed E-state index contributed by atoms with van der Waals surface area (Å²) in [5.74, 6) is 2.60. The van der Waals surface area contributed by atoms with Crippen molar-refractivity contribution in [2.24, 2.45) is 0 Å². The molecule has 0 N–H and O–H groups in total. The van der Waals surface area contributed by atoms with Crippen molar-refractivity contribution in [3.8, 4) is 34.1 Å². The van der Waals surface area contributed by atoms with E-state index >= 15 is 0 Å². The predicted molar refractivity (Wildman–Crippen MR) is 162 cm³/mol. The molecule has 3 aromatic carbocycles. The van der Waals surface area contributed by atoms with E-state index in [9.17, 15) is 4.79 Å². The molecule has 0 bridgehead atoms. The maximum Gasteiger partial charge on any atom is 0.410 e. The zero-order valence-electron chi connectivity index (χ0n) is 25.2. The third-order valence-corrected chi connectivity index (χ3v) is 7.22. The summed E-state index contributed by atoms with van der Waals surface area (Å²) in [6, 6.07) is 20.8. The molecule has 1 aliphatic heterocycles. The molecule has 220 valence electrons. The van der Waals surface area contributed by atoms with E-state index in [4.69, 9.17) is 23.7 Å². The molecular formula is C33H42N2O6. The molecule has 41 heavy (non-hydrogen) atoms. The second kappa shape index (κ2) is 13.1. The van der Waals surface area contributed by atoms with Gasteiger partial charge < -0.3 is 33.5 Å². The smallest absolute Gasteiger partial charge is 0.410 e. The number of amides is 1. The van der Waals surface area contributed by atoms with Crippen molar-refractivity contribution in [3.63, 3.8) is 0 Å². The van der Waals surface area contributed by atoms with E-state index in [-0.39, 0.29) is 12.1 Å². The fraction of sp³-hybridized carbons (Fsp3) is 0.424. The van der Waals surface area contributed by atoms with Gasteiger partial charge in [-0.1, -0.05) is 24.3 Å². The van der Waals surface area contributed by atoms with Crippen molar-refractivity contribution in [1.29, 1.82) is 0 Å². The number of carbonyl (C=O) groups excluding carboxylic acids is 1. The van der Waals surface area contributed by atoms with Crippen LogP contribution in [0.4, 0.5) is 10.5 Å². The number of anilines is 1. The largest absolute Gasteiger partial charge is 0.497 e. The number of nitrogens with zero attached hydrogens (tertiary/aromatic N) is 2. The zero-order valence-corrected chi connectivity index (χ0v) is 25.2. The number of ether oxygens (including phenoxy) is 5. The first-order valence-corrected chi connectivity index (χ1v) is 13.9. The molecule has 1 fully saturated rings. The molecule has 3 aromatic rings. The Labute approximate surface area is 243 Å². The third-order valence-electron chi connectivity index (χ3n) is 7.22. The van der Waals surface area contributed by atoms with E-state index in [1.54, 1.807) is 28.4 Å². The second-order valence-corrected chi connectivity index (χ2v) is 11.1. The van der Waals surface area contributed by atoms with Crippen LogP contribution in [0.25, 0.3) is 11.1 Å². The summed E-state index contributed by atoms with van der Waals surface area (Å²) >= 11 is 0. The highest BCUT2D eigenvalue weighted by Crippen LogP contribution is 2.41. The van der Waals surface area contributed by atoms with E-state index in [0.29, 0.717) is 36.9 Å². The van der Waals surface area contributed by atoms with Gasteiger partial charge in [-0.05, 0) is 80.6 Å². The Morgan fingerprint density at radius 1 is 0.829 bits per heavy atom. The van der Waals surface area contributed by atoms with Gasteiger partial charge in [-0.3, -0.25) is 0 Å². The Bertz CT molecular complexity index is 1300. The van der Waals surface area contributed by atoms with Gasteiger partial charge in [-0.15, -0.1) is 0 Å². The van der Waals surface area contributed by atoms with E-state index in [0.717, 1.165) is 41.0 Å². The molecule has 0 aliphatic carbocycles. The topological polar surface area (TPSA) is 69.7 Å². The van der Waals surface area contributed by atoms with E-state index in [1.807, 2.05) is 49.9 Å². The molecule has 1 saturated heterocycles. The zero-order chi connectivity index (χ0) is 29.6. The lowest BCUT2D eigenvalue weighted by Crippen LogP contribution is -2.48. The summed E-state index contributed by atoms with van der Waals surface area (Å²) in [6.45, 7) is 7.68. The van der Waals surface area contributed by atoms with Crippen molar-refractivity contribution >= 4 is 11.8 Å². The van der Waals surface area contributed by atoms with Crippen molar-refractivity contribution in [3.05, 3.63) is 66.2 Å². The number of benzene rings is 3. The van der Waals surface area contributed by atoms with Gasteiger partial charge in [0.05, 0.1) is 28.4 Å². The molecule has 8 heteroatoms. The quantitative estimate of drug-likeness (QED) is 0.284. The van der Waals surface area contributed by atoms with Gasteiger partial charge in [0.15, 0.2) is 11.5 Å². The van der Waals surface area contributed by atoms with Crippen LogP contribution in [0.1, 0.15) is 39.2 Å². The first kappa shape index (κ1) is 29.9. The molecule has 0 spiro atoms. The number of hydrogen-bond donors (Lipinski definition) is 0. The molecule has 4 rings (SSSR count). The van der Waals surface area contributed by atoms with Crippen molar-refractivity contribution in [2.75, 3.05) is 46.4 Å². The maximum absolute atomic E-state index is 12.7. The van der Waals surface area contributed by atoms with Crippen LogP contribution in [0.5, 0.6) is 23.0 Å². The average Bonchev–Trinajstić information content (AvgIpc) is 2.98. The number of methoxy groups -OCH3 is 4. The molecule has 8 nitrogen and oxygen atoms in total. The van der Waals surface area contributed by atoms with Crippen LogP contribution in [0, 0.1) is 0 Å². The summed E-state index contributed by atoms with van der Waals surface area (Å²) < 4.78 is 27.8. The minimum absolute atomic E-state index is 0.241. The SMILES string of the molecule is COc1cccc(N(Cc2cccc(-c3cc(OC)c(OC)c(OC)c3)c2)C2CCN(C(=O)OC(C)(C)C)CC2)c1. The highest BCUT2D eigenvalue weighted by atomic mass is 16.6. The first-order valence-electron chi connectivity index (χ1n) is 13.9. The molecule has 1 heterocycles. The monoisotopic (exact) mass is 562 g/mol. The molecule has 0 saturated carbocycles.